The van der Waals surface area contributed by atoms with Crippen molar-refractivity contribution in [1.82, 2.24) is 10.6 Å². The summed E-state index contributed by atoms with van der Waals surface area (Å²) in [7, 11) is 1.62. The second kappa shape index (κ2) is 10.8. The maximum absolute atomic E-state index is 11.6. The molecule has 0 heterocycles. The maximum atomic E-state index is 11.6. The number of hydrogen-bond acceptors (Lipinski definition) is 3. The summed E-state index contributed by atoms with van der Waals surface area (Å²) in [4.78, 5) is 15.4. The van der Waals surface area contributed by atoms with Gasteiger partial charge in [0.15, 0.2) is 5.96 Å². The number of unbranched alkanes of at least 4 members (excludes halogenated alkanes) is 2. The average molecular weight is 257 g/mol. The SMILES string of the molecule is CCCCCNC(=O)C(N)CCCNC(N)=NC. The summed E-state index contributed by atoms with van der Waals surface area (Å²) in [5, 5.41) is 5.77. The van der Waals surface area contributed by atoms with E-state index >= 15 is 0 Å². The van der Waals surface area contributed by atoms with Crippen LogP contribution in [-0.4, -0.2) is 38.0 Å². The Hall–Kier alpha value is -1.30. The van der Waals surface area contributed by atoms with Crippen LogP contribution in [0.3, 0.4) is 0 Å². The molecule has 0 aliphatic heterocycles. The molecule has 6 nitrogen and oxygen atoms in total. The number of aliphatic imine (C=N–C) groups is 1. The molecule has 1 unspecified atom stereocenters. The van der Waals surface area contributed by atoms with Crippen molar-refractivity contribution in [3.05, 3.63) is 0 Å². The van der Waals surface area contributed by atoms with E-state index in [4.69, 9.17) is 11.5 Å². The number of nitrogens with zero attached hydrogens (tertiary/aromatic N) is 1. The number of nitrogens with one attached hydrogen (secondary N) is 2. The van der Waals surface area contributed by atoms with Crippen LogP contribution in [0.5, 0.6) is 0 Å². The van der Waals surface area contributed by atoms with E-state index < -0.39 is 6.04 Å². The molecule has 0 saturated heterocycles. The lowest BCUT2D eigenvalue weighted by molar-refractivity contribution is -0.122. The van der Waals surface area contributed by atoms with Gasteiger partial charge < -0.3 is 22.1 Å². The van der Waals surface area contributed by atoms with Gasteiger partial charge in [-0.25, -0.2) is 0 Å². The largest absolute Gasteiger partial charge is 0.370 e. The van der Waals surface area contributed by atoms with E-state index in [1.165, 1.54) is 0 Å². The predicted molar refractivity (Wildman–Crippen MR) is 75.3 cm³/mol. The zero-order valence-corrected chi connectivity index (χ0v) is 11.5. The van der Waals surface area contributed by atoms with Crippen molar-refractivity contribution in [2.75, 3.05) is 20.1 Å². The minimum Gasteiger partial charge on any atom is -0.370 e. The summed E-state index contributed by atoms with van der Waals surface area (Å²) < 4.78 is 0. The lowest BCUT2D eigenvalue weighted by Crippen LogP contribution is -2.41. The van der Waals surface area contributed by atoms with Gasteiger partial charge >= 0.3 is 0 Å². The van der Waals surface area contributed by atoms with Gasteiger partial charge in [-0.05, 0) is 19.3 Å². The van der Waals surface area contributed by atoms with Gasteiger partial charge in [0.1, 0.15) is 0 Å². The Balaban J connectivity index is 3.55. The van der Waals surface area contributed by atoms with E-state index in [0.717, 1.165) is 25.7 Å². The minimum atomic E-state index is -0.437. The number of amides is 1. The van der Waals surface area contributed by atoms with Gasteiger partial charge in [-0.2, -0.15) is 0 Å². The van der Waals surface area contributed by atoms with Gasteiger partial charge in [0, 0.05) is 20.1 Å². The maximum Gasteiger partial charge on any atom is 0.236 e. The molecule has 6 heteroatoms. The van der Waals surface area contributed by atoms with Gasteiger partial charge in [0.2, 0.25) is 5.91 Å². The molecule has 0 aromatic carbocycles. The van der Waals surface area contributed by atoms with Crippen molar-refractivity contribution < 1.29 is 4.79 Å². The molecule has 0 spiro atoms. The van der Waals surface area contributed by atoms with E-state index in [2.05, 4.69) is 22.5 Å². The summed E-state index contributed by atoms with van der Waals surface area (Å²) in [6.45, 7) is 3.53. The summed E-state index contributed by atoms with van der Waals surface area (Å²) in [6, 6.07) is -0.437. The number of carbonyl (C=O) groups excluding carboxylic acids is 1. The summed E-state index contributed by atoms with van der Waals surface area (Å²) >= 11 is 0. The molecule has 0 aromatic rings. The molecule has 6 N–H and O–H groups in total. The van der Waals surface area contributed by atoms with Crippen LogP contribution in [0, 0.1) is 0 Å². The van der Waals surface area contributed by atoms with Gasteiger partial charge in [-0.15, -0.1) is 0 Å². The highest BCUT2D eigenvalue weighted by atomic mass is 16.2. The first-order chi connectivity index (χ1) is 8.61. The standard InChI is InChI=1S/C12H27N5O/c1-3-4-5-8-16-11(18)10(13)7-6-9-17-12(14)15-2/h10H,3-9,13H2,1-2H3,(H,16,18)(H3,14,15,17). The number of hydrogen-bond donors (Lipinski definition) is 4. The molecule has 0 fully saturated rings. The molecule has 0 radical (unpaired) electrons. The van der Waals surface area contributed by atoms with Crippen LogP contribution in [-0.2, 0) is 4.79 Å². The third-order valence-electron chi connectivity index (χ3n) is 2.66. The van der Waals surface area contributed by atoms with Crippen LogP contribution in [0.4, 0.5) is 0 Å². The molecule has 0 aliphatic carbocycles. The summed E-state index contributed by atoms with van der Waals surface area (Å²) in [5.41, 5.74) is 11.3. The highest BCUT2D eigenvalue weighted by molar-refractivity contribution is 5.81. The van der Waals surface area contributed by atoms with Gasteiger partial charge in [0.05, 0.1) is 6.04 Å². The molecule has 1 atom stereocenters. The summed E-state index contributed by atoms with van der Waals surface area (Å²) in [6.07, 6.45) is 4.73. The fourth-order valence-corrected chi connectivity index (χ4v) is 1.47. The molecule has 18 heavy (non-hydrogen) atoms. The number of nitrogens with two attached hydrogens (primary N) is 2. The normalized spacial score (nSPS) is 13.2. The van der Waals surface area contributed by atoms with Crippen molar-refractivity contribution in [2.24, 2.45) is 16.5 Å². The molecular weight excluding hydrogens is 230 g/mol. The van der Waals surface area contributed by atoms with Crippen LogP contribution in [0.1, 0.15) is 39.0 Å². The minimum absolute atomic E-state index is 0.0665. The van der Waals surface area contributed by atoms with Crippen molar-refractivity contribution in [3.8, 4) is 0 Å². The van der Waals surface area contributed by atoms with Gasteiger partial charge in [-0.1, -0.05) is 19.8 Å². The van der Waals surface area contributed by atoms with E-state index in [0.29, 0.717) is 25.5 Å². The van der Waals surface area contributed by atoms with Crippen molar-refractivity contribution in [1.29, 1.82) is 0 Å². The van der Waals surface area contributed by atoms with Gasteiger partial charge in [-0.3, -0.25) is 9.79 Å². The predicted octanol–water partition coefficient (Wildman–Crippen LogP) is -0.0656. The Bertz CT molecular complexity index is 255. The Labute approximate surface area is 110 Å². The molecule has 106 valence electrons. The fourth-order valence-electron chi connectivity index (χ4n) is 1.47. The number of guanidine groups is 1. The average Bonchev–Trinajstić information content (AvgIpc) is 2.38. The quantitative estimate of drug-likeness (QED) is 0.264. The van der Waals surface area contributed by atoms with E-state index in [1.807, 2.05) is 0 Å². The summed E-state index contributed by atoms with van der Waals surface area (Å²) in [5.74, 6) is 0.343. The first-order valence-electron chi connectivity index (χ1n) is 6.61. The van der Waals surface area contributed by atoms with E-state index in [9.17, 15) is 4.79 Å². The third kappa shape index (κ3) is 8.81. The number of rotatable bonds is 9. The van der Waals surface area contributed by atoms with Crippen molar-refractivity contribution in [3.63, 3.8) is 0 Å². The Morgan fingerprint density at radius 3 is 2.50 bits per heavy atom. The van der Waals surface area contributed by atoms with Crippen molar-refractivity contribution in [2.45, 2.75) is 45.1 Å². The Morgan fingerprint density at radius 2 is 1.89 bits per heavy atom. The van der Waals surface area contributed by atoms with Gasteiger partial charge in [0.25, 0.3) is 0 Å². The van der Waals surface area contributed by atoms with Crippen LogP contribution >= 0.6 is 0 Å². The first kappa shape index (κ1) is 16.7. The number of carbonyl (C=O) groups is 1. The molecule has 0 aromatic heterocycles. The fraction of sp³-hybridized carbons (Fsp3) is 0.833. The van der Waals surface area contributed by atoms with E-state index in [1.54, 1.807) is 7.05 Å². The zero-order valence-electron chi connectivity index (χ0n) is 11.5. The van der Waals surface area contributed by atoms with Crippen molar-refractivity contribution >= 4 is 11.9 Å². The topological polar surface area (TPSA) is 106 Å². The van der Waals surface area contributed by atoms with E-state index in [-0.39, 0.29) is 5.91 Å². The smallest absolute Gasteiger partial charge is 0.236 e. The van der Waals surface area contributed by atoms with Crippen LogP contribution in [0.25, 0.3) is 0 Å². The molecule has 0 bridgehead atoms. The zero-order chi connectivity index (χ0) is 13.8. The Morgan fingerprint density at radius 1 is 1.22 bits per heavy atom. The molecule has 0 aliphatic rings. The lowest BCUT2D eigenvalue weighted by atomic mass is 10.1. The monoisotopic (exact) mass is 257 g/mol. The lowest BCUT2D eigenvalue weighted by Gasteiger charge is -2.12. The third-order valence-corrected chi connectivity index (χ3v) is 2.66. The Kier molecular flexibility index (Phi) is 10.0. The molecular formula is C12H27N5O. The highest BCUT2D eigenvalue weighted by Crippen LogP contribution is 1.95. The first-order valence-corrected chi connectivity index (χ1v) is 6.61. The second-order valence-corrected chi connectivity index (χ2v) is 4.28. The molecule has 1 amide bonds. The van der Waals surface area contributed by atoms with Crippen LogP contribution in [0.2, 0.25) is 0 Å². The second-order valence-electron chi connectivity index (χ2n) is 4.28. The highest BCUT2D eigenvalue weighted by Gasteiger charge is 2.11. The van der Waals surface area contributed by atoms with Crippen LogP contribution in [0.15, 0.2) is 4.99 Å². The molecule has 0 saturated carbocycles. The molecule has 0 rings (SSSR count). The van der Waals surface area contributed by atoms with Crippen LogP contribution < -0.4 is 22.1 Å².